The molecule has 0 radical (unpaired) electrons. The number of likely N-dealkylation sites (tertiary alicyclic amines) is 1. The number of pyridine rings is 1. The van der Waals surface area contributed by atoms with Crippen molar-refractivity contribution in [3.8, 4) is 0 Å². The van der Waals surface area contributed by atoms with Gasteiger partial charge in [-0.2, -0.15) is 5.10 Å². The fourth-order valence-electron chi connectivity index (χ4n) is 7.59. The van der Waals surface area contributed by atoms with Crippen molar-refractivity contribution in [2.45, 2.75) is 89.5 Å². The van der Waals surface area contributed by atoms with Crippen molar-refractivity contribution < 1.29 is 28.8 Å². The van der Waals surface area contributed by atoms with Crippen LogP contribution in [-0.4, -0.2) is 110 Å². The van der Waals surface area contributed by atoms with Gasteiger partial charge in [0.25, 0.3) is 17.5 Å². The molecule has 6 rings (SSSR count). The summed E-state index contributed by atoms with van der Waals surface area (Å²) in [7, 11) is 1.82. The summed E-state index contributed by atoms with van der Waals surface area (Å²) in [5.74, 6) is -0.996. The number of amides is 3. The summed E-state index contributed by atoms with van der Waals surface area (Å²) < 4.78 is 14.8. The van der Waals surface area contributed by atoms with E-state index in [1.54, 1.807) is 17.2 Å². The fraction of sp³-hybridized carbons (Fsp3) is 0.514. The molecular weight excluding hydrogens is 818 g/mol. The number of morpholine rings is 1. The van der Waals surface area contributed by atoms with Gasteiger partial charge in [-0.3, -0.25) is 34.2 Å². The molecule has 6 unspecified atom stereocenters. The molecule has 284 valence electrons. The third-order valence-electron chi connectivity index (χ3n) is 9.85. The Labute approximate surface area is 323 Å². The summed E-state index contributed by atoms with van der Waals surface area (Å²) >= 11 is 6.97. The second-order valence-electron chi connectivity index (χ2n) is 14.2. The number of aromatic nitrogens is 3. The number of primary amides is 1. The Morgan fingerprint density at radius 1 is 0.962 bits per heavy atom. The molecule has 53 heavy (non-hydrogen) atoms. The number of hydrogen-bond acceptors (Lipinski definition) is 11. The van der Waals surface area contributed by atoms with Gasteiger partial charge in [0, 0.05) is 55.7 Å². The molecule has 3 fully saturated rings. The van der Waals surface area contributed by atoms with Crippen LogP contribution in [0.5, 0.6) is 0 Å². The lowest BCUT2D eigenvalue weighted by Crippen LogP contribution is -2.48. The summed E-state index contributed by atoms with van der Waals surface area (Å²) in [6.45, 7) is 8.44. The number of nitro groups is 1. The van der Waals surface area contributed by atoms with E-state index in [0.29, 0.717) is 29.1 Å². The third kappa shape index (κ3) is 8.34. The van der Waals surface area contributed by atoms with Crippen LogP contribution < -0.4 is 16.0 Å². The van der Waals surface area contributed by atoms with Crippen LogP contribution in [0.15, 0.2) is 45.7 Å². The molecule has 1 aromatic carbocycles. The first-order valence-corrected chi connectivity index (χ1v) is 19.1. The van der Waals surface area contributed by atoms with E-state index in [4.69, 9.17) is 20.3 Å². The van der Waals surface area contributed by atoms with Crippen molar-refractivity contribution in [2.75, 3.05) is 36.9 Å². The SMILES string of the molecule is CC1CC(n2cc(Br)c(N(C)c3cncc(C(=O)N4CC(Nc5c(C(=O)N6CC(C)OC(C)C6)cc(Br)cc5[N+](=O)[O-])CC4C(N)=O)c3)n2)CC(C)O1. The molecule has 0 spiro atoms. The van der Waals surface area contributed by atoms with Crippen LogP contribution in [0.2, 0.25) is 0 Å². The summed E-state index contributed by atoms with van der Waals surface area (Å²) in [6.07, 6.45) is 6.48. The zero-order chi connectivity index (χ0) is 38.3. The van der Waals surface area contributed by atoms with Gasteiger partial charge in [-0.05, 0) is 75.0 Å². The number of anilines is 3. The van der Waals surface area contributed by atoms with Crippen LogP contribution in [0.25, 0.3) is 0 Å². The van der Waals surface area contributed by atoms with Crippen molar-refractivity contribution in [3.05, 3.63) is 67.0 Å². The lowest BCUT2D eigenvalue weighted by molar-refractivity contribution is -0.384. The maximum absolute atomic E-state index is 14.1. The van der Waals surface area contributed by atoms with Crippen LogP contribution >= 0.6 is 31.9 Å². The lowest BCUT2D eigenvalue weighted by Gasteiger charge is -2.35. The van der Waals surface area contributed by atoms with Gasteiger partial charge >= 0.3 is 0 Å². The van der Waals surface area contributed by atoms with Gasteiger partial charge in [0.15, 0.2) is 5.82 Å². The Balaban J connectivity index is 1.24. The van der Waals surface area contributed by atoms with Crippen LogP contribution in [0, 0.1) is 10.1 Å². The average Bonchev–Trinajstić information content (AvgIpc) is 3.71. The van der Waals surface area contributed by atoms with Crippen LogP contribution in [0.3, 0.4) is 0 Å². The molecule has 16 nitrogen and oxygen atoms in total. The number of nitrogens with zero attached hydrogens (tertiary/aromatic N) is 7. The standard InChI is InChI=1S/C35H43Br2N9O7/c1-18-6-25(7-19(2)52-18)45-17-28(37)33(41-45)42(5)26-8-22(12-39-13-26)34(48)44-16-24(11-30(44)32(38)47)40-31-27(9-23(36)10-29(31)46(50)51)35(49)43-14-20(3)53-21(4)15-43/h8-10,12-13,17-21,24-25,30,40H,6-7,11,14-16H2,1-5H3,(H2,38,47). The minimum Gasteiger partial charge on any atom is -0.375 e. The van der Waals surface area contributed by atoms with Gasteiger partial charge in [0.05, 0.1) is 62.9 Å². The van der Waals surface area contributed by atoms with E-state index in [2.05, 4.69) is 56.0 Å². The first kappa shape index (κ1) is 38.6. The maximum Gasteiger partial charge on any atom is 0.294 e. The summed E-state index contributed by atoms with van der Waals surface area (Å²) in [5.41, 5.74) is 6.37. The van der Waals surface area contributed by atoms with Gasteiger partial charge in [0.2, 0.25) is 5.91 Å². The minimum absolute atomic E-state index is 0.00233. The van der Waals surface area contributed by atoms with E-state index < -0.39 is 34.7 Å². The number of nitrogens with two attached hydrogens (primary N) is 1. The van der Waals surface area contributed by atoms with E-state index >= 15 is 0 Å². The number of carbonyl (C=O) groups excluding carboxylic acids is 3. The molecule has 3 aliphatic rings. The lowest BCUT2D eigenvalue weighted by atomic mass is 10.0. The van der Waals surface area contributed by atoms with Crippen molar-refractivity contribution in [1.82, 2.24) is 24.6 Å². The predicted molar refractivity (Wildman–Crippen MR) is 203 cm³/mol. The first-order valence-electron chi connectivity index (χ1n) is 17.5. The quantitative estimate of drug-likeness (QED) is 0.217. The highest BCUT2D eigenvalue weighted by Gasteiger charge is 2.41. The molecule has 0 bridgehead atoms. The van der Waals surface area contributed by atoms with Crippen molar-refractivity contribution in [3.63, 3.8) is 0 Å². The Hall–Kier alpha value is -4.13. The molecule has 18 heteroatoms. The van der Waals surface area contributed by atoms with Gasteiger partial charge in [-0.25, -0.2) is 0 Å². The van der Waals surface area contributed by atoms with E-state index in [1.165, 1.54) is 23.2 Å². The Morgan fingerprint density at radius 3 is 2.26 bits per heavy atom. The largest absolute Gasteiger partial charge is 0.375 e. The Morgan fingerprint density at radius 2 is 1.62 bits per heavy atom. The summed E-state index contributed by atoms with van der Waals surface area (Å²) in [4.78, 5) is 61.5. The molecule has 3 saturated heterocycles. The van der Waals surface area contributed by atoms with Crippen molar-refractivity contribution in [1.29, 1.82) is 0 Å². The topological polar surface area (TPSA) is 191 Å². The number of rotatable bonds is 9. The van der Waals surface area contributed by atoms with Crippen LogP contribution in [0.4, 0.5) is 22.9 Å². The van der Waals surface area contributed by atoms with E-state index in [1.807, 2.05) is 36.7 Å². The molecule has 0 saturated carbocycles. The van der Waals surface area contributed by atoms with E-state index in [0.717, 1.165) is 17.3 Å². The van der Waals surface area contributed by atoms with Crippen molar-refractivity contribution in [2.24, 2.45) is 5.73 Å². The average molecular weight is 862 g/mol. The van der Waals surface area contributed by atoms with Gasteiger partial charge in [0.1, 0.15) is 11.7 Å². The second kappa shape index (κ2) is 15.7. The fourth-order valence-corrected chi connectivity index (χ4v) is 8.59. The minimum atomic E-state index is -1.02. The van der Waals surface area contributed by atoms with Gasteiger partial charge < -0.3 is 35.2 Å². The maximum atomic E-state index is 14.1. The number of halogens is 2. The second-order valence-corrected chi connectivity index (χ2v) is 15.9. The molecule has 3 aromatic rings. The monoisotopic (exact) mass is 859 g/mol. The third-order valence-corrected chi connectivity index (χ3v) is 10.9. The molecular formula is C35H43Br2N9O7. The predicted octanol–water partition coefficient (Wildman–Crippen LogP) is 5.04. The zero-order valence-electron chi connectivity index (χ0n) is 30.1. The Kier molecular flexibility index (Phi) is 11.4. The number of nitrogens with one attached hydrogen (secondary N) is 1. The molecule has 3 amide bonds. The number of benzene rings is 1. The molecule has 3 aliphatic heterocycles. The highest BCUT2D eigenvalue weighted by molar-refractivity contribution is 9.10. The van der Waals surface area contributed by atoms with Gasteiger partial charge in [-0.15, -0.1) is 0 Å². The normalized spacial score (nSPS) is 26.0. The smallest absolute Gasteiger partial charge is 0.294 e. The number of carbonyl (C=O) groups is 3. The number of nitro benzene ring substituents is 1. The summed E-state index contributed by atoms with van der Waals surface area (Å²) in [5, 5.41) is 20.3. The highest BCUT2D eigenvalue weighted by atomic mass is 79.9. The highest BCUT2D eigenvalue weighted by Crippen LogP contribution is 2.37. The van der Waals surface area contributed by atoms with Crippen LogP contribution in [0.1, 0.15) is 73.7 Å². The van der Waals surface area contributed by atoms with Crippen molar-refractivity contribution >= 4 is 72.5 Å². The van der Waals surface area contributed by atoms with Gasteiger partial charge in [-0.1, -0.05) is 15.9 Å². The summed E-state index contributed by atoms with van der Waals surface area (Å²) in [6, 6.07) is 3.00. The zero-order valence-corrected chi connectivity index (χ0v) is 33.2. The number of ether oxygens (including phenoxy) is 2. The molecule has 2 aromatic heterocycles. The van der Waals surface area contributed by atoms with E-state index in [-0.39, 0.29) is 65.9 Å². The molecule has 5 heterocycles. The molecule has 3 N–H and O–H groups in total. The molecule has 0 aliphatic carbocycles. The molecule has 6 atom stereocenters. The number of hydrogen-bond donors (Lipinski definition) is 2. The van der Waals surface area contributed by atoms with Crippen LogP contribution in [-0.2, 0) is 14.3 Å². The first-order chi connectivity index (χ1) is 25.1. The Bertz CT molecular complexity index is 1890. The van der Waals surface area contributed by atoms with E-state index in [9.17, 15) is 24.5 Å².